The van der Waals surface area contributed by atoms with Gasteiger partial charge >= 0.3 is 28.3 Å². The molecule has 232 valence electrons. The van der Waals surface area contributed by atoms with Gasteiger partial charge in [0.25, 0.3) is 0 Å². The Hall–Kier alpha value is -3.76. The summed E-state index contributed by atoms with van der Waals surface area (Å²) >= 11 is 0. The van der Waals surface area contributed by atoms with Gasteiger partial charge in [0, 0.05) is 6.42 Å². The molecule has 1 atom stereocenters. The van der Waals surface area contributed by atoms with Crippen LogP contribution >= 0.6 is 0 Å². The molecule has 2 amide bonds. The van der Waals surface area contributed by atoms with Crippen LogP contribution in [0.3, 0.4) is 0 Å². The van der Waals surface area contributed by atoms with Gasteiger partial charge in [0.05, 0.1) is 12.3 Å². The van der Waals surface area contributed by atoms with Gasteiger partial charge in [-0.25, -0.2) is 4.79 Å². The van der Waals surface area contributed by atoms with E-state index in [1.54, 1.807) is 32.3 Å². The minimum Gasteiger partial charge on any atom is -0.493 e. The van der Waals surface area contributed by atoms with Crippen molar-refractivity contribution in [1.29, 1.82) is 0 Å². The number of carbonyl (C=O) groups excluding carboxylic acids is 2. The van der Waals surface area contributed by atoms with Crippen molar-refractivity contribution in [3.8, 4) is 5.75 Å². The molecule has 0 aliphatic rings. The Labute approximate surface area is 245 Å². The number of aliphatic imine (C=N–C) groups is 1. The smallest absolute Gasteiger partial charge is 0.493 e. The lowest BCUT2D eigenvalue weighted by molar-refractivity contribution is -1.11. The number of hydrogen-bond acceptors (Lipinski definition) is 11. The van der Waals surface area contributed by atoms with Crippen LogP contribution in [-0.4, -0.2) is 61.0 Å². The molecule has 15 heteroatoms. The standard InChI is InChI=1S/C27H38N4O10S/c1-19-12-10-13-20(18-19)37-16-11-17-38-31(25(33)40-27(5,6)7,23(28)29-24(32)39-26(2,3)4)41-42(35,36)22-15-9-8-14-21(22)30-34/h8-10,12-15,18,30,34H,11,16-17H2,1-7H3,(H-,28,29,32)/p+1. The Morgan fingerprint density at radius 2 is 1.62 bits per heavy atom. The highest BCUT2D eigenvalue weighted by molar-refractivity contribution is 7.86. The third-order valence-corrected chi connectivity index (χ3v) is 6.14. The quantitative estimate of drug-likeness (QED) is 0.110. The maximum atomic E-state index is 13.6. The van der Waals surface area contributed by atoms with Gasteiger partial charge in [-0.2, -0.15) is 13.2 Å². The molecule has 0 aromatic heterocycles. The number of carbonyl (C=O) groups is 2. The molecule has 0 heterocycles. The van der Waals surface area contributed by atoms with Crippen LogP contribution in [0.1, 0.15) is 53.5 Å². The Morgan fingerprint density at radius 3 is 2.21 bits per heavy atom. The first-order chi connectivity index (χ1) is 19.4. The first-order valence-corrected chi connectivity index (χ1v) is 14.3. The number of nitrogens with one attached hydrogen (secondary N) is 1. The molecule has 0 aliphatic heterocycles. The highest BCUT2D eigenvalue weighted by Gasteiger charge is 2.57. The maximum absolute atomic E-state index is 13.6. The second-order valence-electron chi connectivity index (χ2n) is 11.0. The number of hydrogen-bond donors (Lipinski definition) is 3. The van der Waals surface area contributed by atoms with Gasteiger partial charge in [0.1, 0.15) is 33.3 Å². The highest BCUT2D eigenvalue weighted by atomic mass is 32.2. The van der Waals surface area contributed by atoms with E-state index in [0.717, 1.165) is 11.6 Å². The molecule has 0 bridgehead atoms. The summed E-state index contributed by atoms with van der Waals surface area (Å²) in [6.45, 7) is 10.8. The Balaban J connectivity index is 2.54. The number of amides is 2. The van der Waals surface area contributed by atoms with Crippen molar-refractivity contribution in [3.63, 3.8) is 0 Å². The molecule has 2 aromatic carbocycles. The molecular weight excluding hydrogens is 572 g/mol. The average molecular weight is 612 g/mol. The first-order valence-electron chi connectivity index (χ1n) is 12.9. The van der Waals surface area contributed by atoms with Crippen LogP contribution in [0.2, 0.25) is 0 Å². The number of rotatable bonds is 10. The molecular formula is C27H39N4O10S+. The van der Waals surface area contributed by atoms with Crippen LogP contribution in [0.25, 0.3) is 0 Å². The number of benzene rings is 2. The van der Waals surface area contributed by atoms with Crippen LogP contribution < -0.4 is 16.0 Å². The number of nitrogens with two attached hydrogens (primary N) is 1. The zero-order valence-corrected chi connectivity index (χ0v) is 25.6. The van der Waals surface area contributed by atoms with Gasteiger partial charge in [0.2, 0.25) is 0 Å². The van der Waals surface area contributed by atoms with Gasteiger partial charge in [-0.1, -0.05) is 29.3 Å². The summed E-state index contributed by atoms with van der Waals surface area (Å²) in [5.41, 5.74) is 6.32. The summed E-state index contributed by atoms with van der Waals surface area (Å²) in [6.07, 6.45) is -2.62. The van der Waals surface area contributed by atoms with Crippen molar-refractivity contribution in [1.82, 2.24) is 0 Å². The van der Waals surface area contributed by atoms with Gasteiger partial charge in [0.15, 0.2) is 0 Å². The predicted molar refractivity (Wildman–Crippen MR) is 152 cm³/mol. The van der Waals surface area contributed by atoms with E-state index in [2.05, 4.69) is 4.99 Å². The van der Waals surface area contributed by atoms with E-state index >= 15 is 0 Å². The van der Waals surface area contributed by atoms with Crippen molar-refractivity contribution in [2.45, 2.75) is 71.0 Å². The van der Waals surface area contributed by atoms with E-state index in [9.17, 15) is 23.2 Å². The van der Waals surface area contributed by atoms with Crippen LogP contribution in [-0.2, 0) is 28.7 Å². The van der Waals surface area contributed by atoms with Gasteiger partial charge in [-0.05, 0) is 82.6 Å². The van der Waals surface area contributed by atoms with Crippen LogP contribution in [0.5, 0.6) is 5.75 Å². The molecule has 42 heavy (non-hydrogen) atoms. The lowest BCUT2D eigenvalue weighted by atomic mass is 10.2. The SMILES string of the molecule is Cc1cccc(OCCCO[N+](OS(=O)(=O)c2ccccc2NO)(C(=O)OC(C)(C)C)C(N)=NC(=O)OC(C)(C)C)c1. The summed E-state index contributed by atoms with van der Waals surface area (Å²) in [4.78, 5) is 32.6. The van der Waals surface area contributed by atoms with Crippen LogP contribution in [0.15, 0.2) is 58.4 Å². The van der Waals surface area contributed by atoms with Crippen LogP contribution in [0, 0.1) is 6.92 Å². The molecule has 0 spiro atoms. The summed E-state index contributed by atoms with van der Waals surface area (Å²) in [5, 5.41) is 9.47. The molecule has 0 saturated carbocycles. The number of anilines is 1. The second kappa shape index (κ2) is 13.9. The normalized spacial score (nSPS) is 14.0. The molecule has 0 saturated heterocycles. The largest absolute Gasteiger partial charge is 0.595 e. The summed E-state index contributed by atoms with van der Waals surface area (Å²) in [5.74, 6) is -0.475. The number of hydroxylamine groups is 4. The Kier molecular flexibility index (Phi) is 11.4. The third kappa shape index (κ3) is 10.3. The minimum atomic E-state index is -4.99. The van der Waals surface area contributed by atoms with Crippen molar-refractivity contribution < 1.29 is 51.4 Å². The molecule has 0 aliphatic carbocycles. The van der Waals surface area contributed by atoms with Crippen molar-refractivity contribution in [2.24, 2.45) is 10.7 Å². The zero-order valence-electron chi connectivity index (χ0n) is 24.7. The van der Waals surface area contributed by atoms with E-state index in [0.29, 0.717) is 5.75 Å². The fourth-order valence-corrected chi connectivity index (χ4v) is 4.34. The highest BCUT2D eigenvalue weighted by Crippen LogP contribution is 2.29. The Bertz CT molecular complexity index is 1380. The van der Waals surface area contributed by atoms with Gasteiger partial charge in [-0.15, -0.1) is 4.84 Å². The summed E-state index contributed by atoms with van der Waals surface area (Å²) < 4.78 is 48.5. The molecule has 4 N–H and O–H groups in total. The molecule has 14 nitrogen and oxygen atoms in total. The average Bonchev–Trinajstić information content (AvgIpc) is 2.85. The topological polar surface area (TPSA) is 185 Å². The lowest BCUT2D eigenvalue weighted by Crippen LogP contribution is -2.62. The number of quaternary nitrogens is 1. The van der Waals surface area contributed by atoms with Crippen molar-refractivity contribution in [2.75, 3.05) is 18.7 Å². The lowest BCUT2D eigenvalue weighted by Gasteiger charge is -2.29. The van der Waals surface area contributed by atoms with E-state index in [4.69, 9.17) is 29.1 Å². The molecule has 0 radical (unpaired) electrons. The van der Waals surface area contributed by atoms with E-state index in [-0.39, 0.29) is 25.3 Å². The summed E-state index contributed by atoms with van der Waals surface area (Å²) in [6, 6.07) is 12.4. The Morgan fingerprint density at radius 1 is 0.976 bits per heavy atom. The number of aryl methyl sites for hydroxylation is 1. The number of para-hydroxylation sites is 1. The minimum absolute atomic E-state index is 0.0882. The first kappa shape index (κ1) is 34.4. The van der Waals surface area contributed by atoms with E-state index < -0.39 is 49.2 Å². The summed E-state index contributed by atoms with van der Waals surface area (Å²) in [7, 11) is -4.99. The zero-order chi connectivity index (χ0) is 31.8. The van der Waals surface area contributed by atoms with Gasteiger partial charge in [-0.3, -0.25) is 10.7 Å². The monoisotopic (exact) mass is 611 g/mol. The fraction of sp³-hybridized carbons (Fsp3) is 0.444. The number of nitrogens with zero attached hydrogens (tertiary/aromatic N) is 2. The molecule has 2 aromatic rings. The molecule has 1 unspecified atom stereocenters. The van der Waals surface area contributed by atoms with Crippen LogP contribution in [0.4, 0.5) is 15.3 Å². The van der Waals surface area contributed by atoms with E-state index in [1.807, 2.05) is 25.1 Å². The van der Waals surface area contributed by atoms with E-state index in [1.165, 1.54) is 39.0 Å². The van der Waals surface area contributed by atoms with Gasteiger partial charge < -0.3 is 19.9 Å². The molecule has 2 rings (SSSR count). The van der Waals surface area contributed by atoms with Crippen molar-refractivity contribution in [3.05, 3.63) is 54.1 Å². The molecule has 0 fully saturated rings. The number of ether oxygens (including phenoxy) is 3. The number of guanidine groups is 1. The van der Waals surface area contributed by atoms with Crippen molar-refractivity contribution >= 4 is 34.0 Å². The maximum Gasteiger partial charge on any atom is 0.595 e. The predicted octanol–water partition coefficient (Wildman–Crippen LogP) is 4.82. The fourth-order valence-electron chi connectivity index (χ4n) is 3.17. The second-order valence-corrected chi connectivity index (χ2v) is 12.5. The third-order valence-electron chi connectivity index (χ3n) is 4.83.